The number of unbranched alkanes of at least 4 members (excludes halogenated alkanes) is 7. The van der Waals surface area contributed by atoms with E-state index < -0.39 is 30.1 Å². The number of benzene rings is 1. The number of carbonyl (C=O) groups excluding carboxylic acids is 1. The molecule has 3 nitrogen and oxygen atoms in total. The molecule has 6 atom stereocenters. The number of phenols is 1. The van der Waals surface area contributed by atoms with Crippen molar-refractivity contribution in [2.75, 3.05) is 20.1 Å². The first kappa shape index (κ1) is 34.1. The second-order valence-electron chi connectivity index (χ2n) is 13.9. The SMILES string of the molecule is CN(CCCCCCCC(F)(F)C(F)(F)F)CCCCCCC1Cc2cc(O)ccc2[C@H]2C(F)C[C@]3(C)C(=O)CC[C@H]3[C@H]12. The maximum absolute atomic E-state index is 15.9. The molecule has 1 N–H and O–H groups in total. The number of rotatable bonds is 15. The highest BCUT2D eigenvalue weighted by atomic mass is 19.4. The maximum atomic E-state index is 15.9. The van der Waals surface area contributed by atoms with Crippen molar-refractivity contribution in [2.24, 2.45) is 23.2 Å². The van der Waals surface area contributed by atoms with E-state index in [4.69, 9.17) is 0 Å². The molecule has 0 aliphatic heterocycles. The van der Waals surface area contributed by atoms with E-state index in [2.05, 4.69) is 11.9 Å². The fraction of sp³-hybridized carbons (Fsp3) is 0.794. The van der Waals surface area contributed by atoms with Crippen LogP contribution in [0.3, 0.4) is 0 Å². The van der Waals surface area contributed by atoms with Crippen LogP contribution in [-0.4, -0.2) is 54.2 Å². The van der Waals surface area contributed by atoms with Gasteiger partial charge in [0.15, 0.2) is 0 Å². The summed E-state index contributed by atoms with van der Waals surface area (Å²) in [6.07, 6.45) is 2.80. The molecule has 1 aromatic carbocycles. The number of Topliss-reactive ketones (excluding diaryl/α,β-unsaturated/α-hetero) is 1. The molecule has 0 aromatic heterocycles. The molecule has 1 aromatic rings. The van der Waals surface area contributed by atoms with E-state index in [1.54, 1.807) is 12.1 Å². The average Bonchev–Trinajstić information content (AvgIpc) is 3.22. The van der Waals surface area contributed by atoms with Crippen LogP contribution < -0.4 is 0 Å². The molecule has 0 bridgehead atoms. The lowest BCUT2D eigenvalue weighted by Crippen LogP contribution is -2.50. The topological polar surface area (TPSA) is 40.5 Å². The highest BCUT2D eigenvalue weighted by Crippen LogP contribution is 2.62. The molecule has 0 amide bonds. The van der Waals surface area contributed by atoms with Gasteiger partial charge in [0.2, 0.25) is 0 Å². The molecule has 9 heteroatoms. The lowest BCUT2D eigenvalue weighted by molar-refractivity contribution is -0.284. The Morgan fingerprint density at radius 3 is 2.26 bits per heavy atom. The number of aromatic hydroxyl groups is 1. The molecule has 0 heterocycles. The van der Waals surface area contributed by atoms with Gasteiger partial charge in [-0.2, -0.15) is 22.0 Å². The van der Waals surface area contributed by atoms with Crippen molar-refractivity contribution < 1.29 is 36.2 Å². The van der Waals surface area contributed by atoms with Crippen LogP contribution in [0.2, 0.25) is 0 Å². The fourth-order valence-electron chi connectivity index (χ4n) is 8.49. The Balaban J connectivity index is 1.16. The first-order valence-electron chi connectivity index (χ1n) is 16.4. The Hall–Kier alpha value is -1.77. The van der Waals surface area contributed by atoms with Gasteiger partial charge in [-0.25, -0.2) is 4.39 Å². The number of fused-ring (bicyclic) bond motifs is 5. The predicted octanol–water partition coefficient (Wildman–Crippen LogP) is 9.41. The van der Waals surface area contributed by atoms with Crippen molar-refractivity contribution >= 4 is 5.78 Å². The number of phenolic OH excluding ortho intramolecular Hbond substituents is 1. The van der Waals surface area contributed by atoms with Gasteiger partial charge in [0.25, 0.3) is 0 Å². The first-order chi connectivity index (χ1) is 20.2. The third-order valence-electron chi connectivity index (χ3n) is 10.8. The largest absolute Gasteiger partial charge is 0.508 e. The Morgan fingerprint density at radius 2 is 1.58 bits per heavy atom. The maximum Gasteiger partial charge on any atom is 0.453 e. The molecule has 2 saturated carbocycles. The van der Waals surface area contributed by atoms with Crippen LogP contribution >= 0.6 is 0 Å². The molecule has 0 saturated heterocycles. The Bertz CT molecular complexity index is 1080. The zero-order chi connectivity index (χ0) is 31.4. The van der Waals surface area contributed by atoms with Crippen LogP contribution in [0.15, 0.2) is 18.2 Å². The first-order valence-corrected chi connectivity index (χ1v) is 16.4. The fourth-order valence-corrected chi connectivity index (χ4v) is 8.49. The molecular weight excluding hydrogens is 568 g/mol. The lowest BCUT2D eigenvalue weighted by atomic mass is 9.51. The smallest absolute Gasteiger partial charge is 0.453 e. The van der Waals surface area contributed by atoms with Crippen molar-refractivity contribution in [2.45, 2.75) is 127 Å². The zero-order valence-electron chi connectivity index (χ0n) is 25.7. The molecule has 4 rings (SSSR count). The molecule has 2 unspecified atom stereocenters. The second kappa shape index (κ2) is 14.1. The monoisotopic (exact) mass is 617 g/mol. The number of hydrogen-bond acceptors (Lipinski definition) is 3. The number of halogens is 6. The van der Waals surface area contributed by atoms with Crippen LogP contribution in [0.1, 0.15) is 114 Å². The van der Waals surface area contributed by atoms with Gasteiger partial charge in [-0.05, 0) is 106 Å². The van der Waals surface area contributed by atoms with Crippen LogP contribution in [0.4, 0.5) is 26.3 Å². The Labute approximate surface area is 252 Å². The molecule has 244 valence electrons. The van der Waals surface area contributed by atoms with Gasteiger partial charge in [-0.1, -0.05) is 51.5 Å². The van der Waals surface area contributed by atoms with Crippen molar-refractivity contribution in [3.05, 3.63) is 29.3 Å². The van der Waals surface area contributed by atoms with Crippen LogP contribution in [0.5, 0.6) is 5.75 Å². The summed E-state index contributed by atoms with van der Waals surface area (Å²) in [6.45, 7) is 3.82. The summed E-state index contributed by atoms with van der Waals surface area (Å²) >= 11 is 0. The van der Waals surface area contributed by atoms with E-state index in [1.807, 2.05) is 13.0 Å². The summed E-state index contributed by atoms with van der Waals surface area (Å²) in [5, 5.41) is 10.1. The van der Waals surface area contributed by atoms with Crippen LogP contribution in [0.25, 0.3) is 0 Å². The number of hydrogen-bond donors (Lipinski definition) is 1. The number of alkyl halides is 6. The summed E-state index contributed by atoms with van der Waals surface area (Å²) in [5.41, 5.74) is 1.53. The minimum Gasteiger partial charge on any atom is -0.508 e. The van der Waals surface area contributed by atoms with E-state index in [9.17, 15) is 31.9 Å². The summed E-state index contributed by atoms with van der Waals surface area (Å²) in [7, 11) is 2.05. The zero-order valence-corrected chi connectivity index (χ0v) is 25.7. The van der Waals surface area contributed by atoms with Gasteiger partial charge in [-0.3, -0.25) is 4.79 Å². The molecule has 3 aliphatic rings. The summed E-state index contributed by atoms with van der Waals surface area (Å²) in [5.74, 6) is -3.67. The van der Waals surface area contributed by atoms with E-state index >= 15 is 4.39 Å². The van der Waals surface area contributed by atoms with E-state index in [1.165, 1.54) is 0 Å². The van der Waals surface area contributed by atoms with Crippen LogP contribution in [0, 0.1) is 23.2 Å². The normalized spacial score (nSPS) is 29.0. The van der Waals surface area contributed by atoms with Crippen molar-refractivity contribution in [1.82, 2.24) is 4.90 Å². The molecule has 0 radical (unpaired) electrons. The summed E-state index contributed by atoms with van der Waals surface area (Å²) < 4.78 is 78.4. The standard InChI is InChI=1S/C34H49F6NO2/c1-32-22-28(35)31-26-14-13-25(42)21-24(26)20-23(30(31)27(32)15-16-29(32)43)12-8-4-7-11-19-41(2)18-10-6-3-5-9-17-33(36,37)34(38,39)40/h13-14,21,23,27-28,30-31,42H,3-12,15-20,22H2,1-2H3/t23?,27-,28?,30-,31-,32-/m0/s1. The molecule has 3 aliphatic carbocycles. The van der Waals surface area contributed by atoms with E-state index in [0.29, 0.717) is 31.6 Å². The molecule has 2 fully saturated rings. The number of carbonyl (C=O) groups is 1. The van der Waals surface area contributed by atoms with Gasteiger partial charge in [0.1, 0.15) is 17.7 Å². The molecular formula is C34H49F6NO2. The highest BCUT2D eigenvalue weighted by molar-refractivity contribution is 5.87. The Morgan fingerprint density at radius 1 is 0.953 bits per heavy atom. The summed E-state index contributed by atoms with van der Waals surface area (Å²) in [4.78, 5) is 15.1. The third-order valence-corrected chi connectivity index (χ3v) is 10.8. The minimum absolute atomic E-state index is 0.119. The van der Waals surface area contributed by atoms with Gasteiger partial charge >= 0.3 is 12.1 Å². The summed E-state index contributed by atoms with van der Waals surface area (Å²) in [6, 6.07) is 5.38. The average molecular weight is 618 g/mol. The molecule has 43 heavy (non-hydrogen) atoms. The number of nitrogens with zero attached hydrogens (tertiary/aromatic N) is 1. The van der Waals surface area contributed by atoms with Gasteiger partial charge in [0, 0.05) is 24.2 Å². The van der Waals surface area contributed by atoms with E-state index in [0.717, 1.165) is 82.0 Å². The van der Waals surface area contributed by atoms with E-state index in [-0.39, 0.29) is 35.7 Å². The molecule has 0 spiro atoms. The lowest BCUT2D eigenvalue weighted by Gasteiger charge is -2.53. The second-order valence-corrected chi connectivity index (χ2v) is 13.9. The quantitative estimate of drug-likeness (QED) is 0.157. The Kier molecular flexibility index (Phi) is 11.2. The van der Waals surface area contributed by atoms with Crippen molar-refractivity contribution in [3.8, 4) is 5.75 Å². The van der Waals surface area contributed by atoms with Gasteiger partial charge in [-0.15, -0.1) is 0 Å². The van der Waals surface area contributed by atoms with Crippen molar-refractivity contribution in [1.29, 1.82) is 0 Å². The minimum atomic E-state index is -5.46. The van der Waals surface area contributed by atoms with Crippen molar-refractivity contribution in [3.63, 3.8) is 0 Å². The highest BCUT2D eigenvalue weighted by Gasteiger charge is 2.60. The number of ketones is 1. The van der Waals surface area contributed by atoms with Gasteiger partial charge in [0.05, 0.1) is 0 Å². The predicted molar refractivity (Wildman–Crippen MR) is 156 cm³/mol. The third kappa shape index (κ3) is 7.91. The van der Waals surface area contributed by atoms with Crippen LogP contribution in [-0.2, 0) is 11.2 Å². The van der Waals surface area contributed by atoms with Gasteiger partial charge < -0.3 is 10.0 Å².